The molecule has 0 aliphatic carbocycles. The van der Waals surface area contributed by atoms with E-state index < -0.39 is 5.60 Å². The Kier molecular flexibility index (Phi) is 3.46. The quantitative estimate of drug-likeness (QED) is 0.711. The van der Waals surface area contributed by atoms with E-state index in [4.69, 9.17) is 0 Å². The Morgan fingerprint density at radius 2 is 1.88 bits per heavy atom. The number of carbonyl (C=O) groups excluding carboxylic acids is 1. The van der Waals surface area contributed by atoms with Crippen molar-refractivity contribution in [2.75, 3.05) is 26.2 Å². The molecule has 0 spiro atoms. The molecule has 0 aromatic carbocycles. The first-order valence-electron chi connectivity index (χ1n) is 6.66. The zero-order valence-corrected chi connectivity index (χ0v) is 11.0. The zero-order valence-electron chi connectivity index (χ0n) is 11.0. The van der Waals surface area contributed by atoms with E-state index in [-0.39, 0.29) is 11.3 Å². The molecule has 4 heteroatoms. The van der Waals surface area contributed by atoms with Gasteiger partial charge < -0.3 is 15.3 Å². The molecule has 2 saturated heterocycles. The number of carbonyl (C=O) groups is 1. The Hall–Kier alpha value is -0.610. The monoisotopic (exact) mass is 240 g/mol. The van der Waals surface area contributed by atoms with Crippen molar-refractivity contribution in [2.24, 2.45) is 5.41 Å². The van der Waals surface area contributed by atoms with Crippen LogP contribution in [-0.4, -0.2) is 47.7 Å². The summed E-state index contributed by atoms with van der Waals surface area (Å²) in [5, 5.41) is 13.2. The third-order valence-corrected chi connectivity index (χ3v) is 4.24. The molecular weight excluding hydrogens is 216 g/mol. The molecule has 2 aliphatic rings. The van der Waals surface area contributed by atoms with Crippen molar-refractivity contribution in [2.45, 2.75) is 45.1 Å². The van der Waals surface area contributed by atoms with Gasteiger partial charge in [0.15, 0.2) is 0 Å². The lowest BCUT2D eigenvalue weighted by Crippen LogP contribution is -2.54. The van der Waals surface area contributed by atoms with Gasteiger partial charge in [-0.25, -0.2) is 0 Å². The molecule has 0 saturated carbocycles. The second-order valence-electron chi connectivity index (χ2n) is 6.13. The highest BCUT2D eigenvalue weighted by Gasteiger charge is 2.40. The van der Waals surface area contributed by atoms with Crippen LogP contribution in [0.15, 0.2) is 0 Å². The molecule has 4 nitrogen and oxygen atoms in total. The molecule has 0 radical (unpaired) electrons. The highest BCUT2D eigenvalue weighted by atomic mass is 16.3. The van der Waals surface area contributed by atoms with E-state index in [1.165, 1.54) is 0 Å². The van der Waals surface area contributed by atoms with Crippen LogP contribution < -0.4 is 5.32 Å². The molecule has 2 fully saturated rings. The normalized spacial score (nSPS) is 33.5. The van der Waals surface area contributed by atoms with Gasteiger partial charge in [-0.05, 0) is 46.1 Å². The molecule has 1 amide bonds. The van der Waals surface area contributed by atoms with Crippen molar-refractivity contribution in [3.63, 3.8) is 0 Å². The van der Waals surface area contributed by atoms with Gasteiger partial charge in [-0.15, -0.1) is 0 Å². The summed E-state index contributed by atoms with van der Waals surface area (Å²) < 4.78 is 0. The van der Waals surface area contributed by atoms with Gasteiger partial charge in [0.05, 0.1) is 11.0 Å². The van der Waals surface area contributed by atoms with Gasteiger partial charge in [-0.2, -0.15) is 0 Å². The highest BCUT2D eigenvalue weighted by Crippen LogP contribution is 2.30. The number of nitrogens with zero attached hydrogens (tertiary/aromatic N) is 1. The second kappa shape index (κ2) is 4.58. The molecule has 2 rings (SSSR count). The first-order valence-corrected chi connectivity index (χ1v) is 6.66. The summed E-state index contributed by atoms with van der Waals surface area (Å²) in [6, 6.07) is 0. The Morgan fingerprint density at radius 1 is 1.24 bits per heavy atom. The lowest BCUT2D eigenvalue weighted by atomic mass is 9.80. The van der Waals surface area contributed by atoms with Crippen LogP contribution in [-0.2, 0) is 4.79 Å². The summed E-state index contributed by atoms with van der Waals surface area (Å²) in [6.07, 6.45) is 3.45. The maximum Gasteiger partial charge on any atom is 0.229 e. The number of hydrogen-bond acceptors (Lipinski definition) is 3. The van der Waals surface area contributed by atoms with E-state index in [1.54, 1.807) is 0 Å². The predicted octanol–water partition coefficient (Wildman–Crippen LogP) is 0.749. The van der Waals surface area contributed by atoms with Gasteiger partial charge in [0.25, 0.3) is 0 Å². The fourth-order valence-electron chi connectivity index (χ4n) is 2.81. The van der Waals surface area contributed by atoms with Crippen molar-refractivity contribution in [3.05, 3.63) is 0 Å². The fraction of sp³-hybridized carbons (Fsp3) is 0.923. The summed E-state index contributed by atoms with van der Waals surface area (Å²) in [6.45, 7) is 7.13. The van der Waals surface area contributed by atoms with Crippen LogP contribution in [0.5, 0.6) is 0 Å². The van der Waals surface area contributed by atoms with E-state index >= 15 is 0 Å². The average molecular weight is 240 g/mol. The first-order chi connectivity index (χ1) is 7.93. The third kappa shape index (κ3) is 2.80. The Balaban J connectivity index is 1.96. The van der Waals surface area contributed by atoms with E-state index in [9.17, 15) is 9.90 Å². The lowest BCUT2D eigenvalue weighted by Gasteiger charge is -2.42. The smallest absolute Gasteiger partial charge is 0.229 e. The summed E-state index contributed by atoms with van der Waals surface area (Å²) in [4.78, 5) is 14.4. The van der Waals surface area contributed by atoms with Gasteiger partial charge in [-0.1, -0.05) is 0 Å². The van der Waals surface area contributed by atoms with Crippen LogP contribution >= 0.6 is 0 Å². The summed E-state index contributed by atoms with van der Waals surface area (Å²) >= 11 is 0. The van der Waals surface area contributed by atoms with Crippen LogP contribution in [0.4, 0.5) is 0 Å². The van der Waals surface area contributed by atoms with Gasteiger partial charge in [0, 0.05) is 19.6 Å². The largest absolute Gasteiger partial charge is 0.390 e. The van der Waals surface area contributed by atoms with Crippen LogP contribution in [0, 0.1) is 5.41 Å². The van der Waals surface area contributed by atoms with Gasteiger partial charge in [0.2, 0.25) is 5.91 Å². The van der Waals surface area contributed by atoms with Gasteiger partial charge in [0.1, 0.15) is 0 Å². The number of hydrogen-bond donors (Lipinski definition) is 2. The SMILES string of the molecule is CC1(O)CCN(C(=O)C2(C)CCCNC2)CC1. The lowest BCUT2D eigenvalue weighted by molar-refractivity contribution is -0.146. The standard InChI is InChI=1S/C13H24N2O2/c1-12(4-3-7-14-10-12)11(16)15-8-5-13(2,17)6-9-15/h14,17H,3-10H2,1-2H3. The number of likely N-dealkylation sites (tertiary alicyclic amines) is 1. The third-order valence-electron chi connectivity index (χ3n) is 4.24. The van der Waals surface area contributed by atoms with E-state index in [0.29, 0.717) is 25.9 Å². The number of aliphatic hydroxyl groups is 1. The maximum absolute atomic E-state index is 12.5. The van der Waals surface area contributed by atoms with Crippen LogP contribution in [0.3, 0.4) is 0 Å². The molecule has 2 aliphatic heterocycles. The topological polar surface area (TPSA) is 52.6 Å². The van der Waals surface area contributed by atoms with Crippen molar-refractivity contribution in [3.8, 4) is 0 Å². The molecule has 0 aromatic rings. The van der Waals surface area contributed by atoms with Crippen LogP contribution in [0.25, 0.3) is 0 Å². The van der Waals surface area contributed by atoms with Crippen molar-refractivity contribution >= 4 is 5.91 Å². The minimum atomic E-state index is -0.581. The van der Waals surface area contributed by atoms with Gasteiger partial charge in [-0.3, -0.25) is 4.79 Å². The average Bonchev–Trinajstić information content (AvgIpc) is 2.29. The Bertz CT molecular complexity index is 286. The fourth-order valence-corrected chi connectivity index (χ4v) is 2.81. The number of nitrogens with one attached hydrogen (secondary N) is 1. The number of amides is 1. The van der Waals surface area contributed by atoms with Crippen molar-refractivity contribution < 1.29 is 9.90 Å². The molecule has 98 valence electrons. The van der Waals surface area contributed by atoms with Crippen molar-refractivity contribution in [1.29, 1.82) is 0 Å². The zero-order chi connectivity index (χ0) is 12.5. The molecular formula is C13H24N2O2. The molecule has 17 heavy (non-hydrogen) atoms. The number of piperidine rings is 2. The molecule has 0 aromatic heterocycles. The molecule has 2 heterocycles. The number of rotatable bonds is 1. The van der Waals surface area contributed by atoms with E-state index in [0.717, 1.165) is 25.9 Å². The summed E-state index contributed by atoms with van der Waals surface area (Å²) in [5.41, 5.74) is -0.816. The minimum absolute atomic E-state index is 0.235. The van der Waals surface area contributed by atoms with Crippen LogP contribution in [0.1, 0.15) is 39.5 Å². The minimum Gasteiger partial charge on any atom is -0.390 e. The van der Waals surface area contributed by atoms with Crippen LogP contribution in [0.2, 0.25) is 0 Å². The molecule has 1 unspecified atom stereocenters. The Morgan fingerprint density at radius 3 is 2.41 bits per heavy atom. The van der Waals surface area contributed by atoms with E-state index in [1.807, 2.05) is 11.8 Å². The van der Waals surface area contributed by atoms with Gasteiger partial charge >= 0.3 is 0 Å². The maximum atomic E-state index is 12.5. The van der Waals surface area contributed by atoms with Crippen molar-refractivity contribution in [1.82, 2.24) is 10.2 Å². The molecule has 2 N–H and O–H groups in total. The predicted molar refractivity (Wildman–Crippen MR) is 66.6 cm³/mol. The highest BCUT2D eigenvalue weighted by molar-refractivity contribution is 5.82. The summed E-state index contributed by atoms with van der Waals surface area (Å²) in [5.74, 6) is 0.264. The first kappa shape index (κ1) is 12.8. The summed E-state index contributed by atoms with van der Waals surface area (Å²) in [7, 11) is 0. The molecule has 0 bridgehead atoms. The van der Waals surface area contributed by atoms with E-state index in [2.05, 4.69) is 12.2 Å². The Labute approximate surface area is 103 Å². The molecule has 1 atom stereocenters. The second-order valence-corrected chi connectivity index (χ2v) is 6.13.